The molecule has 0 spiro atoms. The molecule has 0 radical (unpaired) electrons. The van der Waals surface area contributed by atoms with Gasteiger partial charge < -0.3 is 15.0 Å². The molecule has 0 aliphatic carbocycles. The molecule has 1 aliphatic heterocycles. The van der Waals surface area contributed by atoms with Gasteiger partial charge in [-0.25, -0.2) is 14.6 Å². The second-order valence-corrected chi connectivity index (χ2v) is 10.4. The number of halogens is 1. The van der Waals surface area contributed by atoms with Crippen LogP contribution in [0.15, 0.2) is 49.1 Å². The number of nitrogens with two attached hydrogens (primary N) is 1. The van der Waals surface area contributed by atoms with Crippen LogP contribution in [0.5, 0.6) is 0 Å². The lowest BCUT2D eigenvalue weighted by molar-refractivity contribution is 0.149. The van der Waals surface area contributed by atoms with E-state index >= 15 is 0 Å². The standard InChI is InChI=1S/C25H29IN10/c1-17(36-25-21(23(26)31-36)24(27)28-16-29-25)19-15-18-5-3-4-7-35(18)22(19)20-6-8-34(30-20)14-13-33-11-9-32(2)10-12-33/h3-8,15-17H,9-14H2,1-2H3,(H2,27,28,29). The lowest BCUT2D eigenvalue weighted by Gasteiger charge is -2.32. The number of pyridine rings is 1. The highest BCUT2D eigenvalue weighted by molar-refractivity contribution is 14.1. The summed E-state index contributed by atoms with van der Waals surface area (Å²) >= 11 is 2.20. The maximum Gasteiger partial charge on any atom is 0.165 e. The summed E-state index contributed by atoms with van der Waals surface area (Å²) < 4.78 is 7.01. The molecule has 2 N–H and O–H groups in total. The van der Waals surface area contributed by atoms with Gasteiger partial charge in [0.1, 0.15) is 21.5 Å². The van der Waals surface area contributed by atoms with Crippen molar-refractivity contribution >= 4 is 45.0 Å². The van der Waals surface area contributed by atoms with Crippen molar-refractivity contribution in [1.82, 2.24) is 43.7 Å². The SMILES string of the molecule is CC(c1cc2ccccn2c1-c1ccn(CCN2CCN(C)CC2)n1)n1nc(I)c2c(N)ncnc21. The average Bonchev–Trinajstić information content (AvgIpc) is 3.59. The molecule has 0 amide bonds. The average molecular weight is 596 g/mol. The van der Waals surface area contributed by atoms with Gasteiger partial charge in [0.2, 0.25) is 0 Å². The minimum absolute atomic E-state index is 0.0873. The van der Waals surface area contributed by atoms with Gasteiger partial charge in [0.15, 0.2) is 5.65 Å². The highest BCUT2D eigenvalue weighted by atomic mass is 127. The fourth-order valence-electron chi connectivity index (χ4n) is 5.02. The van der Waals surface area contributed by atoms with Crippen LogP contribution in [0, 0.1) is 3.70 Å². The third-order valence-electron chi connectivity index (χ3n) is 7.13. The van der Waals surface area contributed by atoms with Crippen molar-refractivity contribution < 1.29 is 0 Å². The van der Waals surface area contributed by atoms with Crippen molar-refractivity contribution in [3.8, 4) is 11.4 Å². The highest BCUT2D eigenvalue weighted by Crippen LogP contribution is 2.35. The van der Waals surface area contributed by atoms with E-state index in [1.54, 1.807) is 0 Å². The van der Waals surface area contributed by atoms with Gasteiger partial charge in [0.25, 0.3) is 0 Å². The smallest absolute Gasteiger partial charge is 0.165 e. The molecule has 1 atom stereocenters. The lowest BCUT2D eigenvalue weighted by atomic mass is 10.1. The number of hydrogen-bond acceptors (Lipinski definition) is 7. The van der Waals surface area contributed by atoms with Crippen molar-refractivity contribution in [2.24, 2.45) is 0 Å². The van der Waals surface area contributed by atoms with Gasteiger partial charge >= 0.3 is 0 Å². The van der Waals surface area contributed by atoms with Crippen LogP contribution in [0.25, 0.3) is 27.9 Å². The Kier molecular flexibility index (Phi) is 6.13. The fourth-order valence-corrected chi connectivity index (χ4v) is 5.77. The van der Waals surface area contributed by atoms with Gasteiger partial charge in [0.05, 0.1) is 23.7 Å². The molecule has 0 saturated carbocycles. The van der Waals surface area contributed by atoms with E-state index in [1.165, 1.54) is 6.33 Å². The Morgan fingerprint density at radius 3 is 2.69 bits per heavy atom. The van der Waals surface area contributed by atoms with Gasteiger partial charge in [-0.2, -0.15) is 10.2 Å². The fraction of sp³-hybridized carbons (Fsp3) is 0.360. The zero-order chi connectivity index (χ0) is 24.8. The predicted molar refractivity (Wildman–Crippen MR) is 149 cm³/mol. The predicted octanol–water partition coefficient (Wildman–Crippen LogP) is 2.99. The van der Waals surface area contributed by atoms with E-state index in [4.69, 9.17) is 15.9 Å². The summed E-state index contributed by atoms with van der Waals surface area (Å²) in [6.45, 7) is 8.49. The molecule has 6 heterocycles. The van der Waals surface area contributed by atoms with Gasteiger partial charge in [-0.05, 0) is 60.8 Å². The first-order valence-corrected chi connectivity index (χ1v) is 13.3. The molecular weight excluding hydrogens is 567 g/mol. The van der Waals surface area contributed by atoms with Crippen LogP contribution in [-0.4, -0.2) is 83.5 Å². The minimum atomic E-state index is -0.0873. The van der Waals surface area contributed by atoms with Crippen LogP contribution in [0.2, 0.25) is 0 Å². The molecule has 0 aromatic carbocycles. The molecule has 36 heavy (non-hydrogen) atoms. The van der Waals surface area contributed by atoms with Crippen LogP contribution in [0.3, 0.4) is 0 Å². The number of aromatic nitrogens is 7. The van der Waals surface area contributed by atoms with Gasteiger partial charge in [-0.15, -0.1) is 0 Å². The Bertz CT molecular complexity index is 1520. The number of hydrogen-bond donors (Lipinski definition) is 1. The van der Waals surface area contributed by atoms with Crippen molar-refractivity contribution in [3.05, 3.63) is 58.3 Å². The highest BCUT2D eigenvalue weighted by Gasteiger charge is 2.24. The molecule has 5 aromatic rings. The summed E-state index contributed by atoms with van der Waals surface area (Å²) in [6.07, 6.45) is 5.68. The quantitative estimate of drug-likeness (QED) is 0.301. The Hall–Kier alpha value is -3.03. The number of nitrogens with zero attached hydrogens (tertiary/aromatic N) is 9. The van der Waals surface area contributed by atoms with E-state index in [9.17, 15) is 0 Å². The second-order valence-electron chi connectivity index (χ2n) is 9.42. The summed E-state index contributed by atoms with van der Waals surface area (Å²) in [6, 6.07) is 10.5. The lowest BCUT2D eigenvalue weighted by Crippen LogP contribution is -2.45. The third kappa shape index (κ3) is 4.14. The second kappa shape index (κ2) is 9.45. The molecule has 11 heteroatoms. The zero-order valence-corrected chi connectivity index (χ0v) is 22.6. The maximum absolute atomic E-state index is 6.15. The van der Waals surface area contributed by atoms with Crippen LogP contribution in [0.1, 0.15) is 18.5 Å². The number of nitrogen functional groups attached to an aromatic ring is 1. The zero-order valence-electron chi connectivity index (χ0n) is 20.4. The van der Waals surface area contributed by atoms with Crippen LogP contribution in [0.4, 0.5) is 5.82 Å². The summed E-state index contributed by atoms with van der Waals surface area (Å²) in [4.78, 5) is 13.6. The maximum atomic E-state index is 6.15. The van der Waals surface area contributed by atoms with Crippen LogP contribution >= 0.6 is 22.6 Å². The van der Waals surface area contributed by atoms with E-state index in [-0.39, 0.29) is 6.04 Å². The van der Waals surface area contributed by atoms with Crippen molar-refractivity contribution in [2.75, 3.05) is 45.5 Å². The number of piperazine rings is 1. The molecule has 186 valence electrons. The molecule has 1 saturated heterocycles. The van der Waals surface area contributed by atoms with Crippen molar-refractivity contribution in [1.29, 1.82) is 0 Å². The first kappa shape index (κ1) is 23.4. The van der Waals surface area contributed by atoms with E-state index < -0.39 is 0 Å². The Balaban J connectivity index is 1.36. The molecule has 1 fully saturated rings. The van der Waals surface area contributed by atoms with Gasteiger partial charge in [-0.3, -0.25) is 9.58 Å². The molecule has 1 aliphatic rings. The molecule has 10 nitrogen and oxygen atoms in total. The topological polar surface area (TPSA) is 98.3 Å². The van der Waals surface area contributed by atoms with E-state index in [0.29, 0.717) is 5.82 Å². The number of anilines is 1. The first-order chi connectivity index (χ1) is 17.5. The number of likely N-dealkylation sites (N-methyl/N-ethyl adjacent to an activating group) is 1. The van der Waals surface area contributed by atoms with Crippen molar-refractivity contribution in [3.63, 3.8) is 0 Å². The molecule has 1 unspecified atom stereocenters. The summed E-state index contributed by atoms with van der Waals surface area (Å²) in [5, 5.41) is 10.6. The first-order valence-electron chi connectivity index (χ1n) is 12.2. The Morgan fingerprint density at radius 1 is 1.03 bits per heavy atom. The number of fused-ring (bicyclic) bond motifs is 2. The van der Waals surface area contributed by atoms with E-state index in [0.717, 1.165) is 76.5 Å². The molecule has 5 aromatic heterocycles. The monoisotopic (exact) mass is 596 g/mol. The molecule has 0 bridgehead atoms. The molecular formula is C25H29IN10. The van der Waals surface area contributed by atoms with Crippen LogP contribution in [-0.2, 0) is 6.54 Å². The third-order valence-corrected chi connectivity index (χ3v) is 7.88. The van der Waals surface area contributed by atoms with E-state index in [1.807, 2.05) is 4.68 Å². The molecule has 6 rings (SSSR count). The minimum Gasteiger partial charge on any atom is -0.383 e. The van der Waals surface area contributed by atoms with Crippen LogP contribution < -0.4 is 5.73 Å². The Labute approximate surface area is 222 Å². The largest absolute Gasteiger partial charge is 0.383 e. The van der Waals surface area contributed by atoms with Gasteiger partial charge in [-0.1, -0.05) is 6.07 Å². The Morgan fingerprint density at radius 2 is 1.86 bits per heavy atom. The van der Waals surface area contributed by atoms with E-state index in [2.05, 4.69) is 108 Å². The summed E-state index contributed by atoms with van der Waals surface area (Å²) in [7, 11) is 2.19. The number of rotatable bonds is 6. The van der Waals surface area contributed by atoms with Crippen molar-refractivity contribution in [2.45, 2.75) is 19.5 Å². The normalized spacial score (nSPS) is 16.3. The summed E-state index contributed by atoms with van der Waals surface area (Å²) in [5.41, 5.74) is 11.1. The van der Waals surface area contributed by atoms with Gasteiger partial charge in [0, 0.05) is 56.2 Å². The summed E-state index contributed by atoms with van der Waals surface area (Å²) in [5.74, 6) is 0.448.